The average molecular weight is 821 g/mol. The first-order valence-corrected chi connectivity index (χ1v) is 22.1. The van der Waals surface area contributed by atoms with Crippen LogP contribution in [0.4, 0.5) is 10.2 Å². The maximum absolute atomic E-state index is 14.9. The zero-order valence-electron chi connectivity index (χ0n) is 33.6. The summed E-state index contributed by atoms with van der Waals surface area (Å²) >= 11 is 0. The molecule has 1 unspecified atom stereocenters. The molecular formula is C43H58FN6O7P. The largest absolute Gasteiger partial charge is 0.464 e. The Morgan fingerprint density at radius 2 is 1.67 bits per heavy atom. The molecule has 13 nitrogen and oxygen atoms in total. The van der Waals surface area contributed by atoms with Crippen molar-refractivity contribution in [3.63, 3.8) is 0 Å². The van der Waals surface area contributed by atoms with Crippen LogP contribution in [0, 0.1) is 24.3 Å². The van der Waals surface area contributed by atoms with E-state index in [-0.39, 0.29) is 48.1 Å². The van der Waals surface area contributed by atoms with Gasteiger partial charge in [-0.25, -0.2) is 9.55 Å². The quantitative estimate of drug-likeness (QED) is 0.0192. The van der Waals surface area contributed by atoms with Crippen LogP contribution in [0.1, 0.15) is 109 Å². The maximum Gasteiger partial charge on any atom is 0.459 e. The van der Waals surface area contributed by atoms with E-state index in [1.54, 1.807) is 30.3 Å². The summed E-state index contributed by atoms with van der Waals surface area (Å²) < 4.78 is 54.7. The number of rotatable bonds is 25. The summed E-state index contributed by atoms with van der Waals surface area (Å²) in [4.78, 5) is 25.6. The van der Waals surface area contributed by atoms with Crippen LogP contribution in [0.5, 0.6) is 5.75 Å². The summed E-state index contributed by atoms with van der Waals surface area (Å²) in [5.41, 5.74) is 4.96. The number of nitrogens with two attached hydrogens (primary N) is 1. The molecule has 1 aliphatic rings. The van der Waals surface area contributed by atoms with E-state index in [0.29, 0.717) is 0 Å². The molecule has 4 N–H and O–H groups in total. The Morgan fingerprint density at radius 1 is 1.03 bits per heavy atom. The van der Waals surface area contributed by atoms with Gasteiger partial charge < -0.3 is 24.8 Å². The number of nitrogens with one attached hydrogen (secondary N) is 1. The molecule has 2 aromatic heterocycles. The van der Waals surface area contributed by atoms with Crippen molar-refractivity contribution in [3.05, 3.63) is 78.6 Å². The number of hydrogen-bond acceptors (Lipinski definition) is 11. The monoisotopic (exact) mass is 820 g/mol. The Hall–Kier alpha value is -4.38. The number of ether oxygens (including phenoxy) is 2. The lowest BCUT2D eigenvalue weighted by atomic mass is 9.95. The summed E-state index contributed by atoms with van der Waals surface area (Å²) in [5, 5.41) is 14.2. The third-order valence-electron chi connectivity index (χ3n) is 10.5. The smallest absolute Gasteiger partial charge is 0.459 e. The molecule has 0 bridgehead atoms. The summed E-state index contributed by atoms with van der Waals surface area (Å²) in [6.45, 7) is 4.01. The third-order valence-corrected chi connectivity index (χ3v) is 12.0. The number of esters is 1. The molecule has 0 amide bonds. The number of aromatic nitrogens is 4. The zero-order valence-corrected chi connectivity index (χ0v) is 34.5. The molecule has 2 aromatic carbocycles. The van der Waals surface area contributed by atoms with E-state index >= 15 is 0 Å². The summed E-state index contributed by atoms with van der Waals surface area (Å²) in [6.07, 6.45) is 17.4. The van der Waals surface area contributed by atoms with Gasteiger partial charge in [0, 0.05) is 6.42 Å². The Bertz CT molecular complexity index is 1950. The minimum Gasteiger partial charge on any atom is -0.464 e. The van der Waals surface area contributed by atoms with E-state index in [1.807, 2.05) is 30.3 Å². The molecule has 5 atom stereocenters. The normalized spacial score (nSPS) is 19.5. The molecule has 0 saturated carbocycles. The first-order valence-electron chi connectivity index (χ1n) is 20.5. The van der Waals surface area contributed by atoms with Gasteiger partial charge in [0.2, 0.25) is 0 Å². The highest BCUT2D eigenvalue weighted by molar-refractivity contribution is 7.52. The number of carbonyl (C=O) groups excluding carboxylic acids is 1. The number of imidazole rings is 1. The molecule has 314 valence electrons. The van der Waals surface area contributed by atoms with Gasteiger partial charge in [0.25, 0.3) is 0 Å². The van der Waals surface area contributed by atoms with Crippen LogP contribution in [-0.4, -0.2) is 61.6 Å². The molecule has 1 saturated heterocycles. The van der Waals surface area contributed by atoms with Crippen molar-refractivity contribution < 1.29 is 37.4 Å². The molecule has 0 spiro atoms. The average Bonchev–Trinajstić information content (AvgIpc) is 3.80. The van der Waals surface area contributed by atoms with Gasteiger partial charge in [-0.2, -0.15) is 19.4 Å². The molecular weight excluding hydrogens is 762 g/mol. The number of unbranched alkanes of at least 4 members (excludes halogenated alkanes) is 8. The van der Waals surface area contributed by atoms with Gasteiger partial charge in [-0.3, -0.25) is 13.9 Å². The Balaban J connectivity index is 1.35. The van der Waals surface area contributed by atoms with Crippen LogP contribution in [0.3, 0.4) is 0 Å². The number of aliphatic hydroxyl groups excluding tert-OH is 1. The van der Waals surface area contributed by atoms with E-state index in [4.69, 9.17) is 30.7 Å². The molecule has 0 radical (unpaired) electrons. The highest BCUT2D eigenvalue weighted by atomic mass is 31.2. The number of nitrogens with zero attached hydrogens (tertiary/aromatic N) is 4. The van der Waals surface area contributed by atoms with Crippen LogP contribution >= 0.6 is 7.75 Å². The van der Waals surface area contributed by atoms with Crippen LogP contribution in [-0.2, 0) is 29.8 Å². The van der Waals surface area contributed by atoms with E-state index in [2.05, 4.69) is 39.8 Å². The van der Waals surface area contributed by atoms with E-state index in [9.17, 15) is 18.9 Å². The van der Waals surface area contributed by atoms with Crippen molar-refractivity contribution in [1.82, 2.24) is 24.6 Å². The van der Waals surface area contributed by atoms with Gasteiger partial charge in [0.15, 0.2) is 22.6 Å². The van der Waals surface area contributed by atoms with E-state index in [0.717, 1.165) is 44.1 Å². The van der Waals surface area contributed by atoms with Gasteiger partial charge in [-0.05, 0) is 42.9 Å². The highest BCUT2D eigenvalue weighted by Crippen LogP contribution is 2.48. The van der Waals surface area contributed by atoms with Gasteiger partial charge >= 0.3 is 19.8 Å². The van der Waals surface area contributed by atoms with Crippen LogP contribution in [0.2, 0.25) is 0 Å². The Kier molecular flexibility index (Phi) is 17.1. The second kappa shape index (κ2) is 22.1. The first kappa shape index (κ1) is 44.7. The molecule has 4 aromatic rings. The van der Waals surface area contributed by atoms with Gasteiger partial charge in [0.1, 0.15) is 30.7 Å². The summed E-state index contributed by atoms with van der Waals surface area (Å²) in [6, 6.07) is 16.5. The van der Waals surface area contributed by atoms with Crippen molar-refractivity contribution in [1.29, 1.82) is 0 Å². The highest BCUT2D eigenvalue weighted by Gasteiger charge is 2.50. The van der Waals surface area contributed by atoms with Crippen LogP contribution in [0.25, 0.3) is 11.2 Å². The topological polar surface area (TPSA) is 173 Å². The van der Waals surface area contributed by atoms with Crippen molar-refractivity contribution in [2.75, 3.05) is 18.9 Å². The number of carbonyl (C=O) groups is 1. The number of anilines is 1. The minimum atomic E-state index is -4.50. The zero-order chi connectivity index (χ0) is 41.4. The molecule has 0 aliphatic carbocycles. The number of terminal acetylenes is 1. The third kappa shape index (κ3) is 12.6. The standard InChI is InChI=1S/C43H58FN6O7P/c1-4-7-9-11-15-23-33(24-16-12-10-8-5-2)29-54-41(52)35(27-32-21-17-13-18-22-32)49-58(53,57-34-25-19-14-20-26-34)55-30-43(6-3)36(51)28-37(56-43)50-31-46-38-39(45)47-42(44)48-40(38)50/h3,13-14,17-22,25-26,31,33,35-37,51H,4-5,7-12,15-16,23-24,27-30H2,1-2H3,(H,49,53)(H2,45,47,48)/t35-,36-,37+,43+,58?/m0/s1. The number of halogens is 1. The SMILES string of the molecule is C#C[C@]1(COP(=O)(N[C@@H](Cc2ccccc2)C(=O)OCC(CCCCCCC)CCCCCCC)Oc2ccccc2)O[C@@H](n2cnc3c(N)nc(F)nc32)C[C@@H]1O. The minimum absolute atomic E-state index is 0.0354. The lowest BCUT2D eigenvalue weighted by Crippen LogP contribution is -2.44. The number of aliphatic hydroxyl groups is 1. The van der Waals surface area contributed by atoms with Crippen LogP contribution in [0.15, 0.2) is 67.0 Å². The Morgan fingerprint density at radius 3 is 2.31 bits per heavy atom. The lowest BCUT2D eigenvalue weighted by Gasteiger charge is -2.30. The van der Waals surface area contributed by atoms with Crippen molar-refractivity contribution in [3.8, 4) is 18.1 Å². The Labute approximate surface area is 341 Å². The molecule has 5 rings (SSSR count). The molecule has 1 aliphatic heterocycles. The number of benzene rings is 2. The first-order chi connectivity index (χ1) is 28.1. The lowest BCUT2D eigenvalue weighted by molar-refractivity contribution is -0.147. The summed E-state index contributed by atoms with van der Waals surface area (Å²) in [5.74, 6) is 2.10. The molecule has 58 heavy (non-hydrogen) atoms. The van der Waals surface area contributed by atoms with Gasteiger partial charge in [0.05, 0.1) is 12.9 Å². The fourth-order valence-electron chi connectivity index (χ4n) is 7.14. The van der Waals surface area contributed by atoms with Gasteiger partial charge in [-0.1, -0.05) is 133 Å². The fourth-order valence-corrected chi connectivity index (χ4v) is 8.66. The van der Waals surface area contributed by atoms with E-state index < -0.39 is 50.4 Å². The predicted octanol–water partition coefficient (Wildman–Crippen LogP) is 8.48. The van der Waals surface area contributed by atoms with Gasteiger partial charge in [-0.15, -0.1) is 6.42 Å². The van der Waals surface area contributed by atoms with E-state index in [1.165, 1.54) is 49.4 Å². The molecule has 1 fully saturated rings. The fraction of sp³-hybridized carbons (Fsp3) is 0.535. The number of hydrogen-bond donors (Lipinski definition) is 3. The number of fused-ring (bicyclic) bond motifs is 1. The molecule has 3 heterocycles. The molecule has 15 heteroatoms. The predicted molar refractivity (Wildman–Crippen MR) is 221 cm³/mol. The second-order valence-electron chi connectivity index (χ2n) is 15.0. The number of nitrogen functional groups attached to an aromatic ring is 1. The van der Waals surface area contributed by atoms with Crippen molar-refractivity contribution >= 4 is 30.7 Å². The van der Waals surface area contributed by atoms with Crippen molar-refractivity contribution in [2.24, 2.45) is 5.92 Å². The second-order valence-corrected chi connectivity index (χ2v) is 16.7. The number of para-hydroxylation sites is 1. The van der Waals surface area contributed by atoms with Crippen LogP contribution < -0.4 is 15.3 Å². The summed E-state index contributed by atoms with van der Waals surface area (Å²) in [7, 11) is -4.50. The maximum atomic E-state index is 14.9. The van der Waals surface area contributed by atoms with Crippen molar-refractivity contribution in [2.45, 2.75) is 128 Å².